The first-order chi connectivity index (χ1) is 7.75. The third kappa shape index (κ3) is 3.02. The molecule has 1 aliphatic rings. The molecule has 1 atom stereocenters. The summed E-state index contributed by atoms with van der Waals surface area (Å²) in [6.45, 7) is 0.927. The van der Waals surface area contributed by atoms with Crippen LogP contribution in [-0.2, 0) is 4.79 Å². The molecule has 0 saturated carbocycles. The zero-order valence-electron chi connectivity index (χ0n) is 8.87. The van der Waals surface area contributed by atoms with Gasteiger partial charge in [0.2, 0.25) is 5.91 Å². The topological polar surface area (TPSA) is 54.0 Å². The average Bonchev–Trinajstić information content (AvgIpc) is 2.33. The second kappa shape index (κ2) is 5.41. The van der Waals surface area contributed by atoms with Gasteiger partial charge in [-0.25, -0.2) is 4.98 Å². The van der Waals surface area contributed by atoms with E-state index in [1.807, 2.05) is 12.1 Å². The summed E-state index contributed by atoms with van der Waals surface area (Å²) in [6, 6.07) is 3.58. The summed E-state index contributed by atoms with van der Waals surface area (Å²) in [4.78, 5) is 15.9. The second-order valence-electron chi connectivity index (χ2n) is 3.86. The predicted molar refractivity (Wildman–Crippen MR) is 66.2 cm³/mol. The molecule has 2 rings (SSSR count). The van der Waals surface area contributed by atoms with Crippen molar-refractivity contribution in [2.24, 2.45) is 0 Å². The molecule has 1 aromatic rings. The number of aromatic nitrogens is 1. The number of piperidine rings is 1. The molecule has 1 aliphatic heterocycles. The first kappa shape index (κ1) is 11.5. The van der Waals surface area contributed by atoms with Gasteiger partial charge >= 0.3 is 0 Å². The molecule has 2 heterocycles. The molecule has 16 heavy (non-hydrogen) atoms. The number of carbonyl (C=O) groups is 1. The van der Waals surface area contributed by atoms with Crippen molar-refractivity contribution >= 4 is 27.5 Å². The Morgan fingerprint density at radius 1 is 1.50 bits per heavy atom. The van der Waals surface area contributed by atoms with Crippen molar-refractivity contribution in [1.82, 2.24) is 10.3 Å². The van der Waals surface area contributed by atoms with Crippen LogP contribution in [0, 0.1) is 0 Å². The maximum Gasteiger partial charge on any atom is 0.241 e. The molecule has 0 aromatic carbocycles. The molecule has 0 radical (unpaired) electrons. The van der Waals surface area contributed by atoms with Crippen molar-refractivity contribution in [1.29, 1.82) is 0 Å². The first-order valence-corrected chi connectivity index (χ1v) is 6.21. The van der Waals surface area contributed by atoms with Gasteiger partial charge < -0.3 is 10.6 Å². The van der Waals surface area contributed by atoms with Crippen LogP contribution in [0.3, 0.4) is 0 Å². The molecular weight excluding hydrogens is 270 g/mol. The molecule has 4 nitrogen and oxygen atoms in total. The summed E-state index contributed by atoms with van der Waals surface area (Å²) in [5, 5.41) is 6.06. The number of anilines is 1. The van der Waals surface area contributed by atoms with Crippen LogP contribution in [0.5, 0.6) is 0 Å². The molecule has 2 N–H and O–H groups in total. The lowest BCUT2D eigenvalue weighted by atomic mass is 10.0. The number of nitrogens with one attached hydrogen (secondary N) is 2. The highest BCUT2D eigenvalue weighted by Gasteiger charge is 2.20. The largest absolute Gasteiger partial charge is 0.323 e. The maximum atomic E-state index is 11.8. The van der Waals surface area contributed by atoms with Gasteiger partial charge in [-0.2, -0.15) is 0 Å². The number of hydrogen-bond acceptors (Lipinski definition) is 3. The zero-order chi connectivity index (χ0) is 11.4. The maximum absolute atomic E-state index is 11.8. The molecule has 0 spiro atoms. The van der Waals surface area contributed by atoms with Gasteiger partial charge in [-0.3, -0.25) is 4.79 Å². The van der Waals surface area contributed by atoms with Crippen molar-refractivity contribution in [3.8, 4) is 0 Å². The lowest BCUT2D eigenvalue weighted by Crippen LogP contribution is -2.43. The molecule has 0 unspecified atom stereocenters. The molecule has 0 bridgehead atoms. The molecule has 1 aromatic heterocycles. The standard InChI is InChI=1S/C11H14BrN3O/c12-10-5-4-8(7-14-10)15-11(16)9-3-1-2-6-13-9/h4-5,7,9,13H,1-3,6H2,(H,15,16)/t9-/m0/s1. The van der Waals surface area contributed by atoms with Gasteiger partial charge in [0.1, 0.15) is 4.60 Å². The number of hydrogen-bond donors (Lipinski definition) is 2. The van der Waals surface area contributed by atoms with Crippen molar-refractivity contribution in [3.63, 3.8) is 0 Å². The van der Waals surface area contributed by atoms with E-state index in [-0.39, 0.29) is 11.9 Å². The van der Waals surface area contributed by atoms with E-state index in [0.717, 1.165) is 36.1 Å². The highest BCUT2D eigenvalue weighted by molar-refractivity contribution is 9.10. The number of carbonyl (C=O) groups excluding carboxylic acids is 1. The molecule has 1 fully saturated rings. The van der Waals surface area contributed by atoms with Crippen LogP contribution in [0.2, 0.25) is 0 Å². The smallest absolute Gasteiger partial charge is 0.241 e. The van der Waals surface area contributed by atoms with E-state index in [1.165, 1.54) is 0 Å². The lowest BCUT2D eigenvalue weighted by Gasteiger charge is -2.22. The normalized spacial score (nSPS) is 20.4. The Labute approximate surface area is 103 Å². The van der Waals surface area contributed by atoms with E-state index < -0.39 is 0 Å². The first-order valence-electron chi connectivity index (χ1n) is 5.41. The third-order valence-electron chi connectivity index (χ3n) is 2.62. The Morgan fingerprint density at radius 2 is 2.38 bits per heavy atom. The van der Waals surface area contributed by atoms with Crippen LogP contribution < -0.4 is 10.6 Å². The minimum Gasteiger partial charge on any atom is -0.323 e. The van der Waals surface area contributed by atoms with Crippen molar-refractivity contribution < 1.29 is 4.79 Å². The summed E-state index contributed by atoms with van der Waals surface area (Å²) in [7, 11) is 0. The number of halogens is 1. The van der Waals surface area contributed by atoms with Crippen molar-refractivity contribution in [2.45, 2.75) is 25.3 Å². The summed E-state index contributed by atoms with van der Waals surface area (Å²) in [5.41, 5.74) is 0.737. The van der Waals surface area contributed by atoms with Gasteiger partial charge in [-0.05, 0) is 47.4 Å². The molecule has 86 valence electrons. The second-order valence-corrected chi connectivity index (χ2v) is 4.67. The minimum absolute atomic E-state index is 0.0313. The molecule has 0 aliphatic carbocycles. The molecular formula is C11H14BrN3O. The van der Waals surface area contributed by atoms with Crippen LogP contribution in [0.4, 0.5) is 5.69 Å². The van der Waals surface area contributed by atoms with Crippen molar-refractivity contribution in [3.05, 3.63) is 22.9 Å². The monoisotopic (exact) mass is 283 g/mol. The molecule has 1 amide bonds. The number of amides is 1. The van der Waals surface area contributed by atoms with Gasteiger partial charge in [0.15, 0.2) is 0 Å². The van der Waals surface area contributed by atoms with E-state index in [1.54, 1.807) is 6.20 Å². The van der Waals surface area contributed by atoms with E-state index in [0.29, 0.717) is 0 Å². The van der Waals surface area contributed by atoms with Crippen LogP contribution in [0.25, 0.3) is 0 Å². The summed E-state index contributed by atoms with van der Waals surface area (Å²) < 4.78 is 0.765. The Morgan fingerprint density at radius 3 is 3.00 bits per heavy atom. The number of rotatable bonds is 2. The van der Waals surface area contributed by atoms with Crippen LogP contribution in [0.1, 0.15) is 19.3 Å². The Kier molecular flexibility index (Phi) is 3.90. The summed E-state index contributed by atoms with van der Waals surface area (Å²) >= 11 is 3.25. The van der Waals surface area contributed by atoms with E-state index in [4.69, 9.17) is 0 Å². The Hall–Kier alpha value is -0.940. The predicted octanol–water partition coefficient (Wildman–Crippen LogP) is 1.92. The fraction of sp³-hybridized carbons (Fsp3) is 0.455. The quantitative estimate of drug-likeness (QED) is 0.816. The average molecular weight is 284 g/mol. The summed E-state index contributed by atoms with van der Waals surface area (Å²) in [6.07, 6.45) is 4.83. The van der Waals surface area contributed by atoms with E-state index >= 15 is 0 Å². The van der Waals surface area contributed by atoms with Crippen molar-refractivity contribution in [2.75, 3.05) is 11.9 Å². The fourth-order valence-corrected chi connectivity index (χ4v) is 1.99. The Bertz CT molecular complexity index is 360. The SMILES string of the molecule is O=C(Nc1ccc(Br)nc1)[C@@H]1CCCCN1. The van der Waals surface area contributed by atoms with Gasteiger partial charge in [0.05, 0.1) is 17.9 Å². The highest BCUT2D eigenvalue weighted by atomic mass is 79.9. The molecule has 5 heteroatoms. The van der Waals surface area contributed by atoms with Gasteiger partial charge in [-0.15, -0.1) is 0 Å². The van der Waals surface area contributed by atoms with E-state index in [2.05, 4.69) is 31.5 Å². The Balaban J connectivity index is 1.93. The van der Waals surface area contributed by atoms with Crippen LogP contribution in [-0.4, -0.2) is 23.5 Å². The minimum atomic E-state index is -0.0580. The zero-order valence-corrected chi connectivity index (χ0v) is 10.5. The van der Waals surface area contributed by atoms with Gasteiger partial charge in [0.25, 0.3) is 0 Å². The summed E-state index contributed by atoms with van der Waals surface area (Å²) in [5.74, 6) is 0.0313. The van der Waals surface area contributed by atoms with Crippen LogP contribution >= 0.6 is 15.9 Å². The number of pyridine rings is 1. The highest BCUT2D eigenvalue weighted by Crippen LogP contribution is 2.13. The third-order valence-corrected chi connectivity index (χ3v) is 3.09. The lowest BCUT2D eigenvalue weighted by molar-refractivity contribution is -0.118. The number of nitrogens with zero attached hydrogens (tertiary/aromatic N) is 1. The molecule has 1 saturated heterocycles. The van der Waals surface area contributed by atoms with Gasteiger partial charge in [-0.1, -0.05) is 6.42 Å². The van der Waals surface area contributed by atoms with E-state index in [9.17, 15) is 4.79 Å². The van der Waals surface area contributed by atoms with Gasteiger partial charge in [0, 0.05) is 0 Å². The van der Waals surface area contributed by atoms with Crippen LogP contribution in [0.15, 0.2) is 22.9 Å². The fourth-order valence-electron chi connectivity index (χ4n) is 1.75.